The fourth-order valence-electron chi connectivity index (χ4n) is 2.23. The Bertz CT molecular complexity index is 941. The lowest BCUT2D eigenvalue weighted by atomic mass is 10.2. The number of hydrogen-bond acceptors (Lipinski definition) is 7. The van der Waals surface area contributed by atoms with Crippen molar-refractivity contribution in [3.63, 3.8) is 0 Å². The van der Waals surface area contributed by atoms with Gasteiger partial charge < -0.3 is 20.0 Å². The van der Waals surface area contributed by atoms with Crippen molar-refractivity contribution in [3.05, 3.63) is 66.2 Å². The van der Waals surface area contributed by atoms with Gasteiger partial charge >= 0.3 is 5.97 Å². The lowest BCUT2D eigenvalue weighted by Gasteiger charge is -2.11. The summed E-state index contributed by atoms with van der Waals surface area (Å²) in [5.41, 5.74) is 2.57. The summed E-state index contributed by atoms with van der Waals surface area (Å²) >= 11 is 0. The van der Waals surface area contributed by atoms with Crippen LogP contribution in [0.1, 0.15) is 10.4 Å². The molecule has 27 heavy (non-hydrogen) atoms. The molecule has 0 fully saturated rings. The smallest absolute Gasteiger partial charge is 0.363 e. The Kier molecular flexibility index (Phi) is 5.07. The first-order valence-electron chi connectivity index (χ1n) is 8.05. The second-order valence-corrected chi connectivity index (χ2v) is 5.88. The van der Waals surface area contributed by atoms with Gasteiger partial charge in [0.1, 0.15) is 0 Å². The Morgan fingerprint density at radius 2 is 1.33 bits per heavy atom. The van der Waals surface area contributed by atoms with Gasteiger partial charge in [-0.05, 0) is 48.5 Å². The molecule has 0 radical (unpaired) electrons. The number of benzene rings is 2. The van der Waals surface area contributed by atoms with Crippen LogP contribution >= 0.6 is 0 Å². The molecule has 0 spiro atoms. The van der Waals surface area contributed by atoms with Crippen molar-refractivity contribution >= 4 is 23.0 Å². The average molecular weight is 366 g/mol. The average Bonchev–Trinajstić information content (AvgIpc) is 2.99. The molecule has 3 aromatic rings. The molecule has 1 heterocycles. The first kappa shape index (κ1) is 18.0. The monoisotopic (exact) mass is 366 g/mol. The van der Waals surface area contributed by atoms with E-state index >= 15 is 0 Å². The molecule has 2 N–H and O–H groups in total. The number of azo groups is 1. The Hall–Kier alpha value is -3.81. The van der Waals surface area contributed by atoms with Crippen LogP contribution in [0.5, 0.6) is 11.8 Å². The predicted molar refractivity (Wildman–Crippen MR) is 100 cm³/mol. The van der Waals surface area contributed by atoms with E-state index in [2.05, 4.69) is 10.2 Å². The van der Waals surface area contributed by atoms with Crippen molar-refractivity contribution < 1.29 is 19.8 Å². The summed E-state index contributed by atoms with van der Waals surface area (Å²) in [6.07, 6.45) is 0. The first-order valence-corrected chi connectivity index (χ1v) is 8.05. The maximum absolute atomic E-state index is 12.1. The zero-order chi connectivity index (χ0) is 19.4. The lowest BCUT2D eigenvalue weighted by Crippen LogP contribution is -2.18. The van der Waals surface area contributed by atoms with E-state index in [1.54, 1.807) is 12.1 Å². The molecule has 0 saturated heterocycles. The molecule has 1 aromatic heterocycles. The number of carbonyl (C=O) groups is 1. The van der Waals surface area contributed by atoms with Gasteiger partial charge in [0.05, 0.1) is 16.9 Å². The quantitative estimate of drug-likeness (QED) is 0.672. The summed E-state index contributed by atoms with van der Waals surface area (Å²) in [6.45, 7) is 0. The van der Waals surface area contributed by atoms with Gasteiger partial charge in [-0.25, -0.2) is 4.79 Å². The molecule has 3 rings (SSSR count). The van der Waals surface area contributed by atoms with Crippen molar-refractivity contribution in [2.75, 3.05) is 19.0 Å². The number of rotatable bonds is 5. The van der Waals surface area contributed by atoms with Crippen LogP contribution in [0, 0.1) is 0 Å². The summed E-state index contributed by atoms with van der Waals surface area (Å²) in [5.74, 6) is -1.50. The van der Waals surface area contributed by atoms with E-state index in [0.29, 0.717) is 16.1 Å². The van der Waals surface area contributed by atoms with Crippen molar-refractivity contribution in [3.8, 4) is 11.8 Å². The maximum atomic E-state index is 12.1. The van der Waals surface area contributed by atoms with Crippen molar-refractivity contribution in [1.82, 2.24) is 4.73 Å². The third-order valence-corrected chi connectivity index (χ3v) is 3.72. The van der Waals surface area contributed by atoms with E-state index in [1.165, 1.54) is 24.3 Å². The second kappa shape index (κ2) is 7.61. The van der Waals surface area contributed by atoms with E-state index < -0.39 is 5.97 Å². The van der Waals surface area contributed by atoms with Gasteiger partial charge in [-0.2, -0.15) is 10.2 Å². The van der Waals surface area contributed by atoms with Gasteiger partial charge in [0.25, 0.3) is 0 Å². The number of aromatic nitrogens is 1. The van der Waals surface area contributed by atoms with E-state index in [1.807, 2.05) is 43.3 Å². The summed E-state index contributed by atoms with van der Waals surface area (Å²) in [7, 11) is 3.92. The largest absolute Gasteiger partial charge is 0.492 e. The van der Waals surface area contributed by atoms with Gasteiger partial charge in [0, 0.05) is 31.9 Å². The molecule has 0 amide bonds. The summed E-state index contributed by atoms with van der Waals surface area (Å²) < 4.78 is 0.632. The number of anilines is 1. The highest BCUT2D eigenvalue weighted by Crippen LogP contribution is 2.22. The zero-order valence-electron chi connectivity index (χ0n) is 14.8. The van der Waals surface area contributed by atoms with E-state index in [0.717, 1.165) is 5.69 Å². The minimum absolute atomic E-state index is 0.233. The van der Waals surface area contributed by atoms with Gasteiger partial charge in [-0.1, -0.05) is 0 Å². The van der Waals surface area contributed by atoms with Crippen LogP contribution in [-0.2, 0) is 0 Å². The minimum Gasteiger partial charge on any atom is -0.492 e. The SMILES string of the molecule is CN(C)c1ccc(N=Nc2ccc(C(=O)On3c(O)ccc3O)cc2)cc1. The van der Waals surface area contributed by atoms with E-state index in [-0.39, 0.29) is 17.3 Å². The molecule has 8 nitrogen and oxygen atoms in total. The molecule has 0 bridgehead atoms. The highest BCUT2D eigenvalue weighted by molar-refractivity contribution is 5.90. The molecule has 0 unspecified atom stereocenters. The molecule has 138 valence electrons. The summed E-state index contributed by atoms with van der Waals surface area (Å²) in [5, 5.41) is 27.3. The van der Waals surface area contributed by atoms with Crippen LogP contribution in [0.2, 0.25) is 0 Å². The van der Waals surface area contributed by atoms with E-state index in [4.69, 9.17) is 4.84 Å². The van der Waals surface area contributed by atoms with Gasteiger partial charge in [-0.3, -0.25) is 0 Å². The molecule has 0 aliphatic carbocycles. The Morgan fingerprint density at radius 1 is 0.852 bits per heavy atom. The van der Waals surface area contributed by atoms with Crippen LogP contribution in [0.15, 0.2) is 70.9 Å². The van der Waals surface area contributed by atoms with Crippen LogP contribution in [0.4, 0.5) is 17.1 Å². The van der Waals surface area contributed by atoms with Crippen LogP contribution in [0.25, 0.3) is 0 Å². The van der Waals surface area contributed by atoms with Gasteiger partial charge in [0.15, 0.2) is 0 Å². The van der Waals surface area contributed by atoms with Gasteiger partial charge in [-0.15, -0.1) is 4.73 Å². The molecule has 0 atom stereocenters. The third-order valence-electron chi connectivity index (χ3n) is 3.72. The maximum Gasteiger partial charge on any atom is 0.363 e. The summed E-state index contributed by atoms with van der Waals surface area (Å²) in [4.78, 5) is 19.0. The number of carbonyl (C=O) groups excluding carboxylic acids is 1. The van der Waals surface area contributed by atoms with E-state index in [9.17, 15) is 15.0 Å². The number of nitrogens with zero attached hydrogens (tertiary/aromatic N) is 4. The zero-order valence-corrected chi connectivity index (χ0v) is 14.8. The Balaban J connectivity index is 1.67. The third kappa shape index (κ3) is 4.24. The highest BCUT2D eigenvalue weighted by atomic mass is 16.7. The van der Waals surface area contributed by atoms with Gasteiger partial charge in [0.2, 0.25) is 11.8 Å². The number of aromatic hydroxyl groups is 2. The minimum atomic E-state index is -0.737. The molecule has 0 saturated carbocycles. The molecule has 8 heteroatoms. The number of hydrogen-bond donors (Lipinski definition) is 2. The van der Waals surface area contributed by atoms with Crippen LogP contribution in [-0.4, -0.2) is 35.0 Å². The first-order chi connectivity index (χ1) is 12.9. The van der Waals surface area contributed by atoms with Crippen molar-refractivity contribution in [2.24, 2.45) is 10.2 Å². The van der Waals surface area contributed by atoms with Crippen LogP contribution < -0.4 is 9.74 Å². The molecule has 0 aliphatic rings. The summed E-state index contributed by atoms with van der Waals surface area (Å²) in [6, 6.07) is 16.3. The Morgan fingerprint density at radius 3 is 1.81 bits per heavy atom. The molecular weight excluding hydrogens is 348 g/mol. The fourth-order valence-corrected chi connectivity index (χ4v) is 2.23. The molecule has 2 aromatic carbocycles. The lowest BCUT2D eigenvalue weighted by molar-refractivity contribution is 0.0382. The second-order valence-electron chi connectivity index (χ2n) is 5.88. The Labute approximate surface area is 155 Å². The topological polar surface area (TPSA) is 99.7 Å². The van der Waals surface area contributed by atoms with Crippen LogP contribution in [0.3, 0.4) is 0 Å². The predicted octanol–water partition coefficient (Wildman–Crippen LogP) is 3.65. The fraction of sp³-hybridized carbons (Fsp3) is 0.105. The molecule has 0 aliphatic heterocycles. The van der Waals surface area contributed by atoms with Crippen molar-refractivity contribution in [1.29, 1.82) is 0 Å². The highest BCUT2D eigenvalue weighted by Gasteiger charge is 2.14. The molecular formula is C19H18N4O4. The standard InChI is InChI=1S/C19H18N4O4/c1-22(2)16-9-7-15(8-10-16)21-20-14-5-3-13(4-6-14)19(26)27-23-17(24)11-12-18(23)25/h3-12,24-25H,1-2H3. The van der Waals surface area contributed by atoms with Crippen molar-refractivity contribution in [2.45, 2.75) is 0 Å². The normalized spacial score (nSPS) is 10.9.